The van der Waals surface area contributed by atoms with Crippen LogP contribution in [0.3, 0.4) is 0 Å². The normalized spacial score (nSPS) is 12.0. The fourth-order valence-corrected chi connectivity index (χ4v) is 3.78. The summed E-state index contributed by atoms with van der Waals surface area (Å²) >= 11 is 7.63. The predicted molar refractivity (Wildman–Crippen MR) is 111 cm³/mol. The Hall–Kier alpha value is -2.31. The van der Waals surface area contributed by atoms with Gasteiger partial charge in [-0.2, -0.15) is 0 Å². The van der Waals surface area contributed by atoms with Gasteiger partial charge in [0.25, 0.3) is 0 Å². The van der Waals surface area contributed by atoms with E-state index in [1.165, 1.54) is 11.8 Å². The maximum Gasteiger partial charge on any atom is 0.237 e. The fraction of sp³-hybridized carbons (Fsp3) is 0.250. The minimum absolute atomic E-state index is 0.0697. The van der Waals surface area contributed by atoms with Gasteiger partial charge in [-0.1, -0.05) is 53.7 Å². The first kappa shape index (κ1) is 19.5. The molecule has 7 heteroatoms. The van der Waals surface area contributed by atoms with Crippen LogP contribution in [0.2, 0.25) is 5.02 Å². The maximum absolute atomic E-state index is 12.7. The van der Waals surface area contributed by atoms with Gasteiger partial charge in [-0.15, -0.1) is 10.2 Å². The van der Waals surface area contributed by atoms with Crippen molar-refractivity contribution in [1.29, 1.82) is 0 Å². The minimum atomic E-state index is -0.328. The van der Waals surface area contributed by atoms with Crippen LogP contribution in [0, 0.1) is 13.8 Å². The van der Waals surface area contributed by atoms with Crippen LogP contribution in [-0.4, -0.2) is 25.9 Å². The van der Waals surface area contributed by atoms with Crippen molar-refractivity contribution in [2.24, 2.45) is 7.05 Å². The van der Waals surface area contributed by atoms with Gasteiger partial charge in [-0.05, 0) is 44.0 Å². The molecule has 0 aliphatic heterocycles. The van der Waals surface area contributed by atoms with Crippen LogP contribution < -0.4 is 5.32 Å². The third-order valence-electron chi connectivity index (χ3n) is 4.33. The number of anilines is 1. The van der Waals surface area contributed by atoms with Crippen molar-refractivity contribution in [2.75, 3.05) is 5.32 Å². The zero-order valence-electron chi connectivity index (χ0n) is 15.7. The van der Waals surface area contributed by atoms with Crippen LogP contribution in [0.4, 0.5) is 5.69 Å². The Morgan fingerprint density at radius 1 is 1.11 bits per heavy atom. The van der Waals surface area contributed by atoms with E-state index in [0.29, 0.717) is 16.0 Å². The average molecular weight is 401 g/mol. The highest BCUT2D eigenvalue weighted by atomic mass is 35.5. The van der Waals surface area contributed by atoms with Gasteiger partial charge >= 0.3 is 0 Å². The molecule has 0 saturated heterocycles. The van der Waals surface area contributed by atoms with Crippen LogP contribution in [0.15, 0.2) is 47.6 Å². The van der Waals surface area contributed by atoms with E-state index in [2.05, 4.69) is 15.5 Å². The van der Waals surface area contributed by atoms with Crippen molar-refractivity contribution in [3.8, 4) is 11.4 Å². The molecule has 5 nitrogen and oxygen atoms in total. The number of aryl methyl sites for hydroxylation is 2. The van der Waals surface area contributed by atoms with Crippen molar-refractivity contribution >= 4 is 35.0 Å². The number of nitrogens with zero attached hydrogens (tertiary/aromatic N) is 3. The second-order valence-electron chi connectivity index (χ2n) is 6.36. The number of hydrogen-bond acceptors (Lipinski definition) is 4. The Bertz CT molecular complexity index is 966. The van der Waals surface area contributed by atoms with Crippen molar-refractivity contribution in [3.63, 3.8) is 0 Å². The zero-order chi connectivity index (χ0) is 19.6. The first-order valence-corrected chi connectivity index (χ1v) is 9.82. The summed E-state index contributed by atoms with van der Waals surface area (Å²) in [7, 11) is 1.87. The van der Waals surface area contributed by atoms with Gasteiger partial charge in [0.1, 0.15) is 0 Å². The molecule has 1 N–H and O–H groups in total. The molecule has 1 atom stereocenters. The number of rotatable bonds is 5. The Kier molecular flexibility index (Phi) is 5.87. The molecule has 27 heavy (non-hydrogen) atoms. The largest absolute Gasteiger partial charge is 0.325 e. The van der Waals surface area contributed by atoms with E-state index < -0.39 is 0 Å². The summed E-state index contributed by atoms with van der Waals surface area (Å²) in [6.45, 7) is 5.83. The number of amides is 1. The summed E-state index contributed by atoms with van der Waals surface area (Å²) in [6.07, 6.45) is 0. The van der Waals surface area contributed by atoms with Crippen LogP contribution in [0.1, 0.15) is 18.1 Å². The van der Waals surface area contributed by atoms with Gasteiger partial charge < -0.3 is 9.88 Å². The molecule has 1 amide bonds. The quantitative estimate of drug-likeness (QED) is 0.620. The topological polar surface area (TPSA) is 59.8 Å². The van der Waals surface area contributed by atoms with E-state index in [1.807, 2.05) is 74.9 Å². The van der Waals surface area contributed by atoms with E-state index in [1.54, 1.807) is 0 Å². The van der Waals surface area contributed by atoms with Gasteiger partial charge in [0, 0.05) is 18.3 Å². The van der Waals surface area contributed by atoms with E-state index in [-0.39, 0.29) is 11.2 Å². The summed E-state index contributed by atoms with van der Waals surface area (Å²) in [6, 6.07) is 13.4. The maximum atomic E-state index is 12.7. The SMILES string of the molecule is Cc1cccc(C)c1NC(=O)[C@@H](C)Sc1nnc(-c2ccccc2Cl)n1C. The van der Waals surface area contributed by atoms with Gasteiger partial charge in [0.15, 0.2) is 11.0 Å². The lowest BCUT2D eigenvalue weighted by Gasteiger charge is -2.15. The molecule has 0 fully saturated rings. The Morgan fingerprint density at radius 3 is 2.44 bits per heavy atom. The van der Waals surface area contributed by atoms with Gasteiger partial charge in [0.2, 0.25) is 5.91 Å². The molecule has 0 aliphatic rings. The lowest BCUT2D eigenvalue weighted by atomic mass is 10.1. The van der Waals surface area contributed by atoms with Crippen molar-refractivity contribution in [3.05, 3.63) is 58.6 Å². The van der Waals surface area contributed by atoms with E-state index in [9.17, 15) is 4.79 Å². The van der Waals surface area contributed by atoms with Crippen molar-refractivity contribution < 1.29 is 4.79 Å². The number of carbonyl (C=O) groups is 1. The highest BCUT2D eigenvalue weighted by molar-refractivity contribution is 8.00. The second kappa shape index (κ2) is 8.15. The molecule has 0 spiro atoms. The van der Waals surface area contributed by atoms with Crippen LogP contribution >= 0.6 is 23.4 Å². The van der Waals surface area contributed by atoms with Crippen LogP contribution in [0.25, 0.3) is 11.4 Å². The molecule has 1 heterocycles. The third kappa shape index (κ3) is 4.17. The molecule has 3 aromatic rings. The zero-order valence-corrected chi connectivity index (χ0v) is 17.2. The molecule has 0 saturated carbocycles. The molecule has 0 radical (unpaired) electrons. The number of hydrogen-bond donors (Lipinski definition) is 1. The number of aromatic nitrogens is 3. The fourth-order valence-electron chi connectivity index (χ4n) is 2.74. The predicted octanol–water partition coefficient (Wildman–Crippen LogP) is 4.87. The molecule has 0 aliphatic carbocycles. The van der Waals surface area contributed by atoms with Gasteiger partial charge in [0.05, 0.1) is 10.3 Å². The van der Waals surface area contributed by atoms with Crippen LogP contribution in [0.5, 0.6) is 0 Å². The van der Waals surface area contributed by atoms with Crippen LogP contribution in [-0.2, 0) is 11.8 Å². The monoisotopic (exact) mass is 400 g/mol. The lowest BCUT2D eigenvalue weighted by molar-refractivity contribution is -0.115. The molecule has 2 aromatic carbocycles. The molecular formula is C20H21ClN4OS. The summed E-state index contributed by atoms with van der Waals surface area (Å²) in [5, 5.41) is 12.5. The highest BCUT2D eigenvalue weighted by Crippen LogP contribution is 2.30. The number of thioether (sulfide) groups is 1. The van der Waals surface area contributed by atoms with Gasteiger partial charge in [-0.25, -0.2) is 0 Å². The summed E-state index contributed by atoms with van der Waals surface area (Å²) in [4.78, 5) is 12.7. The third-order valence-corrected chi connectivity index (χ3v) is 5.79. The number of halogens is 1. The summed E-state index contributed by atoms with van der Waals surface area (Å²) < 4.78 is 1.86. The summed E-state index contributed by atoms with van der Waals surface area (Å²) in [5.41, 5.74) is 3.76. The molecule has 0 unspecified atom stereocenters. The molecule has 1 aromatic heterocycles. The first-order chi connectivity index (χ1) is 12.9. The number of benzene rings is 2. The number of para-hydroxylation sites is 1. The van der Waals surface area contributed by atoms with E-state index in [4.69, 9.17) is 11.6 Å². The first-order valence-electron chi connectivity index (χ1n) is 8.56. The molecule has 3 rings (SSSR count). The number of carbonyl (C=O) groups excluding carboxylic acids is 1. The molecular weight excluding hydrogens is 380 g/mol. The second-order valence-corrected chi connectivity index (χ2v) is 8.08. The molecule has 140 valence electrons. The van der Waals surface area contributed by atoms with E-state index >= 15 is 0 Å². The molecule has 0 bridgehead atoms. The Labute approximate surface area is 168 Å². The Balaban J connectivity index is 1.76. The minimum Gasteiger partial charge on any atom is -0.325 e. The average Bonchev–Trinajstić information content (AvgIpc) is 2.99. The standard InChI is InChI=1S/C20H21ClN4OS/c1-12-8-7-9-13(2)17(12)22-19(26)14(3)27-20-24-23-18(25(20)4)15-10-5-6-11-16(15)21/h5-11,14H,1-4H3,(H,22,26)/t14-/m1/s1. The lowest BCUT2D eigenvalue weighted by Crippen LogP contribution is -2.23. The van der Waals surface area contributed by atoms with E-state index in [0.717, 1.165) is 22.4 Å². The smallest absolute Gasteiger partial charge is 0.237 e. The highest BCUT2D eigenvalue weighted by Gasteiger charge is 2.21. The van der Waals surface area contributed by atoms with Crippen molar-refractivity contribution in [2.45, 2.75) is 31.2 Å². The van der Waals surface area contributed by atoms with Crippen molar-refractivity contribution in [1.82, 2.24) is 14.8 Å². The van der Waals surface area contributed by atoms with Gasteiger partial charge in [-0.3, -0.25) is 4.79 Å². The summed E-state index contributed by atoms with van der Waals surface area (Å²) in [5.74, 6) is 0.602. The Morgan fingerprint density at radius 2 is 1.78 bits per heavy atom. The number of nitrogens with one attached hydrogen (secondary N) is 1.